The number of nitrogens with two attached hydrogens (primary N) is 1. The minimum atomic E-state index is -0.258. The Morgan fingerprint density at radius 2 is 1.62 bits per heavy atom. The molecule has 29 heavy (non-hydrogen) atoms. The van der Waals surface area contributed by atoms with Gasteiger partial charge >= 0.3 is 0 Å². The molecule has 2 heterocycles. The zero-order chi connectivity index (χ0) is 20.2. The summed E-state index contributed by atoms with van der Waals surface area (Å²) in [7, 11) is 0. The first-order valence-electron chi connectivity index (χ1n) is 11.2. The van der Waals surface area contributed by atoms with E-state index in [-0.39, 0.29) is 23.8 Å². The van der Waals surface area contributed by atoms with E-state index in [1.54, 1.807) is 0 Å². The Kier molecular flexibility index (Phi) is 6.38. The van der Waals surface area contributed by atoms with Crippen molar-refractivity contribution >= 4 is 11.8 Å². The molecule has 2 amide bonds. The number of primary amides is 1. The molecule has 4 rings (SSSR count). The highest BCUT2D eigenvalue weighted by atomic mass is 16.5. The van der Waals surface area contributed by atoms with E-state index in [4.69, 9.17) is 10.5 Å². The third-order valence-electron chi connectivity index (χ3n) is 6.89. The number of benzene rings is 1. The molecule has 0 bridgehead atoms. The number of rotatable bonds is 5. The first kappa shape index (κ1) is 20.2. The SMILES string of the molecule is NC(=O)C1CCN(C(=O)c2cccc(OC3CCN(C4CCCC4)CC3)c2)CC1. The summed E-state index contributed by atoms with van der Waals surface area (Å²) in [4.78, 5) is 28.6. The van der Waals surface area contributed by atoms with Crippen LogP contribution in [0.2, 0.25) is 0 Å². The van der Waals surface area contributed by atoms with Gasteiger partial charge in [-0.15, -0.1) is 0 Å². The van der Waals surface area contributed by atoms with Crippen molar-refractivity contribution in [3.8, 4) is 5.75 Å². The minimum Gasteiger partial charge on any atom is -0.490 e. The van der Waals surface area contributed by atoms with E-state index >= 15 is 0 Å². The summed E-state index contributed by atoms with van der Waals surface area (Å²) in [6.45, 7) is 3.39. The van der Waals surface area contributed by atoms with E-state index in [1.807, 2.05) is 29.2 Å². The smallest absolute Gasteiger partial charge is 0.253 e. The number of carbonyl (C=O) groups excluding carboxylic acids is 2. The lowest BCUT2D eigenvalue weighted by Gasteiger charge is -2.36. The highest BCUT2D eigenvalue weighted by Crippen LogP contribution is 2.28. The molecular formula is C23H33N3O3. The standard InChI is InChI=1S/C23H33N3O3/c24-22(27)17-8-12-26(13-9-17)23(28)18-4-3-7-21(16-18)29-20-10-14-25(15-11-20)19-5-1-2-6-19/h3-4,7,16-17,19-20H,1-2,5-6,8-15H2,(H2,24,27). The van der Waals surface area contributed by atoms with Gasteiger partial charge < -0.3 is 20.3 Å². The monoisotopic (exact) mass is 399 g/mol. The number of ether oxygens (including phenoxy) is 1. The number of nitrogens with zero attached hydrogens (tertiary/aromatic N) is 2. The molecule has 1 aliphatic carbocycles. The van der Waals surface area contributed by atoms with E-state index in [0.29, 0.717) is 31.5 Å². The summed E-state index contributed by atoms with van der Waals surface area (Å²) >= 11 is 0. The van der Waals surface area contributed by atoms with Crippen molar-refractivity contribution in [3.63, 3.8) is 0 Å². The maximum absolute atomic E-state index is 12.9. The molecule has 6 heteroatoms. The van der Waals surface area contributed by atoms with Gasteiger partial charge in [-0.2, -0.15) is 0 Å². The average molecular weight is 400 g/mol. The molecule has 1 aromatic carbocycles. The third kappa shape index (κ3) is 4.92. The maximum Gasteiger partial charge on any atom is 0.253 e. The van der Waals surface area contributed by atoms with Crippen molar-refractivity contribution in [3.05, 3.63) is 29.8 Å². The van der Waals surface area contributed by atoms with Crippen LogP contribution in [0.3, 0.4) is 0 Å². The highest BCUT2D eigenvalue weighted by Gasteiger charge is 2.29. The summed E-state index contributed by atoms with van der Waals surface area (Å²) in [6.07, 6.45) is 9.09. The van der Waals surface area contributed by atoms with Crippen LogP contribution in [0.4, 0.5) is 0 Å². The van der Waals surface area contributed by atoms with Crippen LogP contribution in [0.5, 0.6) is 5.75 Å². The Morgan fingerprint density at radius 3 is 2.28 bits per heavy atom. The lowest BCUT2D eigenvalue weighted by atomic mass is 9.96. The van der Waals surface area contributed by atoms with Crippen LogP contribution in [0.1, 0.15) is 61.7 Å². The van der Waals surface area contributed by atoms with Crippen molar-refractivity contribution in [2.75, 3.05) is 26.2 Å². The third-order valence-corrected chi connectivity index (χ3v) is 6.89. The summed E-state index contributed by atoms with van der Waals surface area (Å²) in [5.74, 6) is 0.423. The van der Waals surface area contributed by atoms with E-state index in [0.717, 1.165) is 37.7 Å². The van der Waals surface area contributed by atoms with Gasteiger partial charge in [0, 0.05) is 43.7 Å². The largest absolute Gasteiger partial charge is 0.490 e. The Balaban J connectivity index is 1.30. The summed E-state index contributed by atoms with van der Waals surface area (Å²) in [6, 6.07) is 8.34. The Labute approximate surface area is 173 Å². The van der Waals surface area contributed by atoms with E-state index in [1.165, 1.54) is 25.7 Å². The molecule has 3 fully saturated rings. The second-order valence-corrected chi connectivity index (χ2v) is 8.79. The second-order valence-electron chi connectivity index (χ2n) is 8.79. The molecule has 1 aromatic rings. The molecule has 0 aromatic heterocycles. The van der Waals surface area contributed by atoms with Crippen molar-refractivity contribution in [2.45, 2.75) is 63.5 Å². The maximum atomic E-state index is 12.9. The van der Waals surface area contributed by atoms with Crippen molar-refractivity contribution in [1.29, 1.82) is 0 Å². The number of piperidine rings is 2. The minimum absolute atomic E-state index is 0.00873. The van der Waals surface area contributed by atoms with Crippen molar-refractivity contribution in [2.24, 2.45) is 11.7 Å². The first-order valence-corrected chi connectivity index (χ1v) is 11.2. The predicted octanol–water partition coefficient (Wildman–Crippen LogP) is 2.81. The van der Waals surface area contributed by atoms with Crippen molar-refractivity contribution < 1.29 is 14.3 Å². The molecular weight excluding hydrogens is 366 g/mol. The lowest BCUT2D eigenvalue weighted by molar-refractivity contribution is -0.123. The Bertz CT molecular complexity index is 716. The van der Waals surface area contributed by atoms with Gasteiger partial charge in [-0.3, -0.25) is 9.59 Å². The molecule has 2 saturated heterocycles. The fourth-order valence-electron chi connectivity index (χ4n) is 5.07. The van der Waals surface area contributed by atoms with Crippen LogP contribution in [0.25, 0.3) is 0 Å². The van der Waals surface area contributed by atoms with Crippen LogP contribution in [-0.4, -0.2) is 59.9 Å². The van der Waals surface area contributed by atoms with E-state index < -0.39 is 0 Å². The first-order chi connectivity index (χ1) is 14.1. The van der Waals surface area contributed by atoms with Gasteiger partial charge in [0.05, 0.1) is 0 Å². The molecule has 2 aliphatic heterocycles. The van der Waals surface area contributed by atoms with Gasteiger partial charge in [0.1, 0.15) is 11.9 Å². The van der Waals surface area contributed by atoms with Crippen LogP contribution in [-0.2, 0) is 4.79 Å². The molecule has 0 unspecified atom stereocenters. The molecule has 0 atom stereocenters. The van der Waals surface area contributed by atoms with Gasteiger partial charge in [0.25, 0.3) is 5.91 Å². The topological polar surface area (TPSA) is 75.9 Å². The summed E-state index contributed by atoms with van der Waals surface area (Å²) in [5, 5.41) is 0. The summed E-state index contributed by atoms with van der Waals surface area (Å²) in [5.41, 5.74) is 6.05. The average Bonchev–Trinajstić information content (AvgIpc) is 3.29. The zero-order valence-corrected chi connectivity index (χ0v) is 17.2. The second kappa shape index (κ2) is 9.16. The quantitative estimate of drug-likeness (QED) is 0.826. The van der Waals surface area contributed by atoms with Gasteiger partial charge in [-0.1, -0.05) is 18.9 Å². The molecule has 158 valence electrons. The zero-order valence-electron chi connectivity index (χ0n) is 17.2. The molecule has 1 saturated carbocycles. The molecule has 6 nitrogen and oxygen atoms in total. The number of hydrogen-bond donors (Lipinski definition) is 1. The van der Waals surface area contributed by atoms with Crippen LogP contribution >= 0.6 is 0 Å². The lowest BCUT2D eigenvalue weighted by Crippen LogP contribution is -2.43. The number of likely N-dealkylation sites (tertiary alicyclic amines) is 2. The highest BCUT2D eigenvalue weighted by molar-refractivity contribution is 5.94. The number of carbonyl (C=O) groups is 2. The van der Waals surface area contributed by atoms with Crippen molar-refractivity contribution in [1.82, 2.24) is 9.80 Å². The number of amides is 2. The van der Waals surface area contributed by atoms with E-state index in [9.17, 15) is 9.59 Å². The van der Waals surface area contributed by atoms with Crippen LogP contribution in [0.15, 0.2) is 24.3 Å². The fraction of sp³-hybridized carbons (Fsp3) is 0.652. The predicted molar refractivity (Wildman–Crippen MR) is 112 cm³/mol. The Hall–Kier alpha value is -2.08. The van der Waals surface area contributed by atoms with Gasteiger partial charge in [0.2, 0.25) is 5.91 Å². The van der Waals surface area contributed by atoms with Crippen LogP contribution in [0, 0.1) is 5.92 Å². The Morgan fingerprint density at radius 1 is 0.931 bits per heavy atom. The van der Waals surface area contributed by atoms with Gasteiger partial charge in [0.15, 0.2) is 0 Å². The summed E-state index contributed by atoms with van der Waals surface area (Å²) < 4.78 is 6.23. The van der Waals surface area contributed by atoms with Gasteiger partial charge in [-0.25, -0.2) is 0 Å². The molecule has 0 radical (unpaired) electrons. The van der Waals surface area contributed by atoms with Crippen LogP contribution < -0.4 is 10.5 Å². The van der Waals surface area contributed by atoms with Gasteiger partial charge in [-0.05, 0) is 56.7 Å². The molecule has 2 N–H and O–H groups in total. The molecule has 3 aliphatic rings. The molecule has 0 spiro atoms. The number of hydrogen-bond acceptors (Lipinski definition) is 4. The fourth-order valence-corrected chi connectivity index (χ4v) is 5.07. The normalized spacial score (nSPS) is 22.7. The van der Waals surface area contributed by atoms with E-state index in [2.05, 4.69) is 4.90 Å².